The van der Waals surface area contributed by atoms with E-state index < -0.39 is 0 Å². The van der Waals surface area contributed by atoms with Gasteiger partial charge < -0.3 is 0 Å². The van der Waals surface area contributed by atoms with Gasteiger partial charge in [-0.1, -0.05) is 24.3 Å². The number of pyridine rings is 2. The molecule has 3 heteroatoms. The first-order valence-corrected chi connectivity index (χ1v) is 6.04. The monoisotopic (exact) mass is 251 g/mol. The van der Waals surface area contributed by atoms with Gasteiger partial charge in [-0.3, -0.25) is 14.3 Å². The number of hydrogen-bond donors (Lipinski definition) is 0. The van der Waals surface area contributed by atoms with E-state index in [0.717, 1.165) is 16.9 Å². The van der Waals surface area contributed by atoms with E-state index in [0.29, 0.717) is 0 Å². The van der Waals surface area contributed by atoms with Crippen molar-refractivity contribution in [3.63, 3.8) is 0 Å². The Morgan fingerprint density at radius 3 is 2.42 bits per heavy atom. The van der Waals surface area contributed by atoms with E-state index in [2.05, 4.69) is 4.98 Å². The van der Waals surface area contributed by atoms with Gasteiger partial charge in [0.15, 0.2) is 0 Å². The number of para-hydroxylation sites is 1. The molecular formula is C16H14N2O. The summed E-state index contributed by atoms with van der Waals surface area (Å²) in [6.45, 7) is 0. The third kappa shape index (κ3) is 2.31. The lowest BCUT2D eigenvalue weighted by atomic mass is 10.2. The van der Waals surface area contributed by atoms with Crippen molar-refractivity contribution >= 4 is 0 Å². The van der Waals surface area contributed by atoms with Gasteiger partial charge in [-0.05, 0) is 30.3 Å². The highest BCUT2D eigenvalue weighted by molar-refractivity contribution is 5.58. The number of aromatic nitrogens is 2. The largest absolute Gasteiger partial charge is 0.284 e. The topological polar surface area (TPSA) is 34.9 Å². The van der Waals surface area contributed by atoms with Crippen LogP contribution in [0.25, 0.3) is 16.9 Å². The first-order chi connectivity index (χ1) is 9.34. The van der Waals surface area contributed by atoms with E-state index in [-0.39, 0.29) is 6.99 Å². The predicted molar refractivity (Wildman–Crippen MR) is 77.4 cm³/mol. The molecular weight excluding hydrogens is 236 g/mol. The summed E-state index contributed by atoms with van der Waals surface area (Å²) >= 11 is 0. The Morgan fingerprint density at radius 1 is 0.895 bits per heavy atom. The maximum Gasteiger partial charge on any atom is 0.255 e. The van der Waals surface area contributed by atoms with Crippen LogP contribution in [0.5, 0.6) is 0 Å². The summed E-state index contributed by atoms with van der Waals surface area (Å²) in [5.74, 6) is 0. The molecule has 0 saturated carbocycles. The second-order valence-corrected chi connectivity index (χ2v) is 4.18. The predicted octanol–water partition coefficient (Wildman–Crippen LogP) is 3.15. The van der Waals surface area contributed by atoms with Crippen molar-refractivity contribution in [2.75, 3.05) is 0 Å². The lowest BCUT2D eigenvalue weighted by Crippen LogP contribution is -2.16. The van der Waals surface area contributed by atoms with Crippen molar-refractivity contribution in [3.05, 3.63) is 83.4 Å². The number of nitrogens with zero attached hydrogens (tertiary/aromatic N) is 2. The molecule has 0 N–H and O–H groups in total. The van der Waals surface area contributed by atoms with E-state index in [1.165, 1.54) is 0 Å². The quantitative estimate of drug-likeness (QED) is 0.701. The molecule has 0 amide bonds. The molecule has 2 aromatic heterocycles. The molecule has 19 heavy (non-hydrogen) atoms. The van der Waals surface area contributed by atoms with E-state index in [4.69, 9.17) is 0 Å². The molecule has 0 aliphatic carbocycles. The van der Waals surface area contributed by atoms with Crippen LogP contribution in [-0.2, 0) is 0 Å². The molecule has 0 aliphatic heterocycles. The Balaban J connectivity index is 0.00000147. The average molecular weight is 251 g/mol. The van der Waals surface area contributed by atoms with Gasteiger partial charge in [-0.15, -0.1) is 0 Å². The summed E-state index contributed by atoms with van der Waals surface area (Å²) in [5.41, 5.74) is 2.58. The molecule has 0 aliphatic rings. The summed E-state index contributed by atoms with van der Waals surface area (Å²) in [7, 11) is 0. The summed E-state index contributed by atoms with van der Waals surface area (Å²) in [5, 5.41) is 0. The lowest BCUT2D eigenvalue weighted by Gasteiger charge is -2.07. The smallest absolute Gasteiger partial charge is 0.255 e. The standard InChI is InChI=1S/C16H12N2O.H2/c19-16-10-9-13(15-8-4-5-11-17-15)12-18(16)14-6-2-1-3-7-14;/h1-12H;1H/i;1+1. The minimum absolute atomic E-state index is 0. The molecule has 0 radical (unpaired) electrons. The zero-order valence-corrected chi connectivity index (χ0v) is 10.2. The van der Waals surface area contributed by atoms with Gasteiger partial charge in [0.25, 0.3) is 5.56 Å². The van der Waals surface area contributed by atoms with Crippen LogP contribution >= 0.6 is 0 Å². The van der Waals surface area contributed by atoms with Crippen molar-refractivity contribution in [2.45, 2.75) is 0 Å². The molecule has 1 aromatic carbocycles. The van der Waals surface area contributed by atoms with E-state index >= 15 is 0 Å². The maximum atomic E-state index is 11.9. The molecule has 0 fully saturated rings. The van der Waals surface area contributed by atoms with Crippen LogP contribution in [0.2, 0.25) is 0 Å². The van der Waals surface area contributed by atoms with Crippen LogP contribution in [0.3, 0.4) is 0 Å². The third-order valence-electron chi connectivity index (χ3n) is 2.91. The van der Waals surface area contributed by atoms with Gasteiger partial charge in [0.1, 0.15) is 0 Å². The molecule has 3 rings (SSSR count). The first-order valence-electron chi connectivity index (χ1n) is 6.04. The molecule has 0 atom stereocenters. The van der Waals surface area contributed by atoms with Crippen molar-refractivity contribution in [1.82, 2.24) is 9.55 Å². The average Bonchev–Trinajstić information content (AvgIpc) is 2.49. The van der Waals surface area contributed by atoms with Gasteiger partial charge in [0.2, 0.25) is 0 Å². The van der Waals surface area contributed by atoms with Gasteiger partial charge in [0, 0.05) is 31.1 Å². The third-order valence-corrected chi connectivity index (χ3v) is 2.91. The number of benzene rings is 1. The normalized spacial score (nSPS) is 10.3. The maximum absolute atomic E-state index is 11.9. The second-order valence-electron chi connectivity index (χ2n) is 4.18. The Hall–Kier alpha value is -2.68. The zero-order valence-electron chi connectivity index (χ0n) is 10.2. The molecule has 0 saturated heterocycles. The summed E-state index contributed by atoms with van der Waals surface area (Å²) in [6.07, 6.45) is 3.56. The molecule has 3 nitrogen and oxygen atoms in total. The van der Waals surface area contributed by atoms with Gasteiger partial charge in [0.05, 0.1) is 5.69 Å². The fourth-order valence-corrected chi connectivity index (χ4v) is 1.96. The molecule has 2 heterocycles. The van der Waals surface area contributed by atoms with E-state index in [1.54, 1.807) is 22.9 Å². The molecule has 0 unspecified atom stereocenters. The highest BCUT2D eigenvalue weighted by Gasteiger charge is 2.03. The SMILES string of the molecule is O=c1ccc(-c2ccccn2)cn1-c1ccccc1.[2HH]. The molecule has 0 bridgehead atoms. The summed E-state index contributed by atoms with van der Waals surface area (Å²) in [4.78, 5) is 16.2. The van der Waals surface area contributed by atoms with Crippen LogP contribution in [0, 0.1) is 0 Å². The van der Waals surface area contributed by atoms with Gasteiger partial charge in [-0.2, -0.15) is 0 Å². The Kier molecular flexibility index (Phi) is 2.94. The Labute approximate surface area is 112 Å². The Morgan fingerprint density at radius 2 is 1.68 bits per heavy atom. The van der Waals surface area contributed by atoms with Crippen LogP contribution < -0.4 is 5.56 Å². The van der Waals surface area contributed by atoms with Gasteiger partial charge in [-0.25, -0.2) is 0 Å². The van der Waals surface area contributed by atoms with Crippen molar-refractivity contribution in [1.29, 1.82) is 0 Å². The lowest BCUT2D eigenvalue weighted by molar-refractivity contribution is 0.991. The fourth-order valence-electron chi connectivity index (χ4n) is 1.96. The highest BCUT2D eigenvalue weighted by atomic mass is 16.1. The van der Waals surface area contributed by atoms with Crippen molar-refractivity contribution < 1.29 is 1.43 Å². The van der Waals surface area contributed by atoms with Crippen LogP contribution in [0.15, 0.2) is 77.9 Å². The Bertz CT molecular complexity index is 739. The molecule has 94 valence electrons. The van der Waals surface area contributed by atoms with Crippen LogP contribution in [0.4, 0.5) is 0 Å². The first kappa shape index (κ1) is 11.4. The fraction of sp³-hybridized carbons (Fsp3) is 0. The van der Waals surface area contributed by atoms with E-state index in [9.17, 15) is 4.79 Å². The number of hydrogen-bond acceptors (Lipinski definition) is 2. The van der Waals surface area contributed by atoms with Crippen molar-refractivity contribution in [2.24, 2.45) is 0 Å². The van der Waals surface area contributed by atoms with Crippen LogP contribution in [0.1, 0.15) is 1.43 Å². The summed E-state index contributed by atoms with van der Waals surface area (Å²) < 4.78 is 1.63. The second kappa shape index (κ2) is 4.90. The highest BCUT2D eigenvalue weighted by Crippen LogP contribution is 2.15. The number of rotatable bonds is 2. The minimum Gasteiger partial charge on any atom is -0.284 e. The van der Waals surface area contributed by atoms with E-state index in [1.807, 2.05) is 54.7 Å². The summed E-state index contributed by atoms with van der Waals surface area (Å²) in [6, 6.07) is 18.7. The van der Waals surface area contributed by atoms with Gasteiger partial charge >= 0.3 is 0 Å². The van der Waals surface area contributed by atoms with Crippen LogP contribution in [-0.4, -0.2) is 9.55 Å². The molecule has 3 aromatic rings. The molecule has 0 spiro atoms. The van der Waals surface area contributed by atoms with Crippen molar-refractivity contribution in [3.8, 4) is 16.9 Å². The minimum atomic E-state index is -0.0501. The zero-order chi connectivity index (χ0) is 13.1.